The Morgan fingerprint density at radius 3 is 1.37 bits per heavy atom. The van der Waals surface area contributed by atoms with Crippen molar-refractivity contribution in [3.05, 3.63) is 94.6 Å². The first kappa shape index (κ1) is 16.4. The minimum atomic E-state index is 1.21. The van der Waals surface area contributed by atoms with Crippen LogP contribution in [-0.4, -0.2) is 9.97 Å². The number of rotatable bonds is 0. The van der Waals surface area contributed by atoms with E-state index in [1.165, 1.54) is 47.2 Å². The van der Waals surface area contributed by atoms with Gasteiger partial charge in [-0.05, 0) is 59.0 Å². The number of aromatic nitrogens is 2. The van der Waals surface area contributed by atoms with Gasteiger partial charge in [0, 0.05) is 47.2 Å². The highest BCUT2D eigenvalue weighted by Crippen LogP contribution is 2.26. The standard InChI is InChI=1S/C12H8IN.C12H9N/c13-8-5-6-12-10(7-8)9-3-1-2-4-11(9)14-12;1-3-7-11-9(5-1)10-6-2-4-8-12(10)13-11/h1-7,14H;1-8,13H. The summed E-state index contributed by atoms with van der Waals surface area (Å²) in [6.07, 6.45) is 0. The maximum atomic E-state index is 3.40. The molecule has 0 saturated heterocycles. The number of halogens is 1. The normalized spacial score (nSPS) is 11.1. The van der Waals surface area contributed by atoms with Crippen LogP contribution in [0.2, 0.25) is 0 Å². The summed E-state index contributed by atoms with van der Waals surface area (Å²) in [5, 5.41) is 5.23. The Labute approximate surface area is 170 Å². The number of H-pyrrole nitrogens is 2. The van der Waals surface area contributed by atoms with Crippen LogP contribution >= 0.6 is 22.6 Å². The lowest BCUT2D eigenvalue weighted by Crippen LogP contribution is -1.69. The van der Waals surface area contributed by atoms with Crippen LogP contribution in [0.15, 0.2) is 91.0 Å². The van der Waals surface area contributed by atoms with Crippen molar-refractivity contribution in [2.75, 3.05) is 0 Å². The monoisotopic (exact) mass is 460 g/mol. The van der Waals surface area contributed by atoms with Gasteiger partial charge in [0.25, 0.3) is 0 Å². The van der Waals surface area contributed by atoms with Crippen molar-refractivity contribution in [1.82, 2.24) is 9.97 Å². The zero-order valence-corrected chi connectivity index (χ0v) is 16.7. The van der Waals surface area contributed by atoms with Crippen molar-refractivity contribution in [2.45, 2.75) is 0 Å². The number of benzene rings is 4. The lowest BCUT2D eigenvalue weighted by molar-refractivity contribution is 1.54. The first-order valence-corrected chi connectivity index (χ1v) is 9.99. The molecule has 0 radical (unpaired) electrons. The van der Waals surface area contributed by atoms with Gasteiger partial charge in [0.1, 0.15) is 0 Å². The number of aromatic amines is 2. The Bertz CT molecular complexity index is 1340. The highest BCUT2D eigenvalue weighted by Gasteiger charge is 2.02. The molecule has 0 amide bonds. The van der Waals surface area contributed by atoms with Gasteiger partial charge >= 0.3 is 0 Å². The van der Waals surface area contributed by atoms with Gasteiger partial charge in [0.15, 0.2) is 0 Å². The van der Waals surface area contributed by atoms with E-state index in [9.17, 15) is 0 Å². The third kappa shape index (κ3) is 2.98. The van der Waals surface area contributed by atoms with Gasteiger partial charge < -0.3 is 9.97 Å². The van der Waals surface area contributed by atoms with Crippen LogP contribution in [-0.2, 0) is 0 Å². The molecule has 2 aromatic heterocycles. The highest BCUT2D eigenvalue weighted by molar-refractivity contribution is 14.1. The van der Waals surface area contributed by atoms with E-state index in [0.29, 0.717) is 0 Å². The highest BCUT2D eigenvalue weighted by atomic mass is 127. The molecule has 0 fully saturated rings. The molecule has 130 valence electrons. The maximum Gasteiger partial charge on any atom is 0.0465 e. The lowest BCUT2D eigenvalue weighted by Gasteiger charge is -1.91. The lowest BCUT2D eigenvalue weighted by atomic mass is 10.2. The van der Waals surface area contributed by atoms with Crippen LogP contribution in [0.4, 0.5) is 0 Å². The molecule has 0 saturated carbocycles. The number of para-hydroxylation sites is 3. The van der Waals surface area contributed by atoms with Gasteiger partial charge in [-0.2, -0.15) is 0 Å². The summed E-state index contributed by atoms with van der Waals surface area (Å²) in [6, 6.07) is 31.6. The zero-order chi connectivity index (χ0) is 18.2. The number of hydrogen-bond donors (Lipinski definition) is 2. The molecule has 0 bridgehead atoms. The van der Waals surface area contributed by atoms with Crippen molar-refractivity contribution in [1.29, 1.82) is 0 Å². The van der Waals surface area contributed by atoms with Gasteiger partial charge in [-0.3, -0.25) is 0 Å². The first-order chi connectivity index (χ1) is 13.3. The summed E-state index contributed by atoms with van der Waals surface area (Å²) in [4.78, 5) is 6.78. The minimum absolute atomic E-state index is 1.21. The molecule has 0 aliphatic carbocycles. The third-order valence-electron chi connectivity index (χ3n) is 4.88. The number of hydrogen-bond acceptors (Lipinski definition) is 0. The largest absolute Gasteiger partial charge is 0.355 e. The number of fused-ring (bicyclic) bond motifs is 6. The average molecular weight is 460 g/mol. The predicted molar refractivity (Wildman–Crippen MR) is 124 cm³/mol. The molecule has 4 aromatic carbocycles. The van der Waals surface area contributed by atoms with Gasteiger partial charge in [0.2, 0.25) is 0 Å². The molecule has 0 aliphatic rings. The van der Waals surface area contributed by atoms with E-state index in [1.54, 1.807) is 0 Å². The minimum Gasteiger partial charge on any atom is -0.355 e. The summed E-state index contributed by atoms with van der Waals surface area (Å²) < 4.78 is 1.28. The molecular formula is C24H17IN2. The Balaban J connectivity index is 0.000000119. The maximum absolute atomic E-state index is 3.40. The second-order valence-electron chi connectivity index (χ2n) is 6.58. The third-order valence-corrected chi connectivity index (χ3v) is 5.55. The molecular weight excluding hydrogens is 443 g/mol. The summed E-state index contributed by atoms with van der Waals surface area (Å²) in [7, 11) is 0. The fourth-order valence-electron chi connectivity index (χ4n) is 3.62. The quantitative estimate of drug-likeness (QED) is 0.224. The van der Waals surface area contributed by atoms with Crippen molar-refractivity contribution in [3.8, 4) is 0 Å². The molecule has 2 nitrogen and oxygen atoms in total. The van der Waals surface area contributed by atoms with Crippen LogP contribution < -0.4 is 0 Å². The van der Waals surface area contributed by atoms with Crippen molar-refractivity contribution in [3.63, 3.8) is 0 Å². The second kappa shape index (κ2) is 6.74. The Hall–Kier alpha value is -2.79. The summed E-state index contributed by atoms with van der Waals surface area (Å²) in [5.41, 5.74) is 4.85. The van der Waals surface area contributed by atoms with Crippen molar-refractivity contribution < 1.29 is 0 Å². The van der Waals surface area contributed by atoms with Crippen molar-refractivity contribution >= 4 is 66.2 Å². The van der Waals surface area contributed by atoms with E-state index in [2.05, 4.69) is 124 Å². The van der Waals surface area contributed by atoms with Crippen molar-refractivity contribution in [2.24, 2.45) is 0 Å². The zero-order valence-electron chi connectivity index (χ0n) is 14.5. The van der Waals surface area contributed by atoms with E-state index >= 15 is 0 Å². The summed E-state index contributed by atoms with van der Waals surface area (Å²) in [6.45, 7) is 0. The van der Waals surface area contributed by atoms with E-state index < -0.39 is 0 Å². The molecule has 6 aromatic rings. The molecule has 27 heavy (non-hydrogen) atoms. The van der Waals surface area contributed by atoms with Crippen LogP contribution in [0.1, 0.15) is 0 Å². The van der Waals surface area contributed by atoms with E-state index in [-0.39, 0.29) is 0 Å². The van der Waals surface area contributed by atoms with Gasteiger partial charge in [-0.25, -0.2) is 0 Å². The molecule has 3 heteroatoms. The molecule has 2 N–H and O–H groups in total. The van der Waals surface area contributed by atoms with E-state index in [0.717, 1.165) is 0 Å². The Morgan fingerprint density at radius 2 is 0.852 bits per heavy atom. The average Bonchev–Trinajstić information content (AvgIpc) is 3.26. The molecule has 0 atom stereocenters. The molecule has 6 rings (SSSR count). The molecule has 0 unspecified atom stereocenters. The van der Waals surface area contributed by atoms with Crippen LogP contribution in [0.5, 0.6) is 0 Å². The van der Waals surface area contributed by atoms with E-state index in [4.69, 9.17) is 0 Å². The summed E-state index contributed by atoms with van der Waals surface area (Å²) in [5.74, 6) is 0. The van der Waals surface area contributed by atoms with Crippen LogP contribution in [0.3, 0.4) is 0 Å². The predicted octanol–water partition coefficient (Wildman–Crippen LogP) is 7.25. The van der Waals surface area contributed by atoms with E-state index in [1.807, 2.05) is 0 Å². The van der Waals surface area contributed by atoms with Crippen LogP contribution in [0, 0.1) is 3.57 Å². The fourth-order valence-corrected chi connectivity index (χ4v) is 4.11. The second-order valence-corrected chi connectivity index (χ2v) is 7.82. The fraction of sp³-hybridized carbons (Fsp3) is 0. The first-order valence-electron chi connectivity index (χ1n) is 8.91. The smallest absolute Gasteiger partial charge is 0.0465 e. The van der Waals surface area contributed by atoms with Gasteiger partial charge in [-0.1, -0.05) is 54.6 Å². The van der Waals surface area contributed by atoms with Gasteiger partial charge in [-0.15, -0.1) is 0 Å². The summed E-state index contributed by atoms with van der Waals surface area (Å²) >= 11 is 2.34. The molecule has 0 aliphatic heterocycles. The molecule has 2 heterocycles. The Kier molecular flexibility index (Phi) is 4.09. The Morgan fingerprint density at radius 1 is 0.444 bits per heavy atom. The molecule has 0 spiro atoms. The topological polar surface area (TPSA) is 31.6 Å². The van der Waals surface area contributed by atoms with Gasteiger partial charge in [0.05, 0.1) is 0 Å². The van der Waals surface area contributed by atoms with Crippen LogP contribution in [0.25, 0.3) is 43.6 Å². The number of nitrogens with one attached hydrogen (secondary N) is 2. The SMILES string of the molecule is Ic1ccc2[nH]c3ccccc3c2c1.c1ccc2c(c1)[nH]c1ccccc12.